The van der Waals surface area contributed by atoms with Crippen molar-refractivity contribution in [2.45, 2.75) is 38.8 Å². The first-order valence-corrected chi connectivity index (χ1v) is 7.06. The first-order valence-electron chi connectivity index (χ1n) is 6.68. The largest absolute Gasteiger partial charge is 0.327 e. The van der Waals surface area contributed by atoms with Gasteiger partial charge in [0, 0.05) is 24.2 Å². The van der Waals surface area contributed by atoms with E-state index in [-0.39, 0.29) is 5.41 Å². The van der Waals surface area contributed by atoms with Gasteiger partial charge in [0.25, 0.3) is 0 Å². The Morgan fingerprint density at radius 1 is 1.50 bits per heavy atom. The van der Waals surface area contributed by atoms with Crippen LogP contribution in [-0.2, 0) is 6.54 Å². The fraction of sp³-hybridized carbons (Fsp3) is 0.600. The highest BCUT2D eigenvalue weighted by Crippen LogP contribution is 2.37. The van der Waals surface area contributed by atoms with Crippen LogP contribution in [0, 0.1) is 5.41 Å². The molecule has 18 heavy (non-hydrogen) atoms. The Labute approximate surface area is 115 Å². The molecule has 0 radical (unpaired) electrons. The lowest BCUT2D eigenvalue weighted by Gasteiger charge is -2.33. The average molecular weight is 267 g/mol. The molecule has 1 saturated carbocycles. The molecule has 0 heterocycles. The fourth-order valence-corrected chi connectivity index (χ4v) is 3.29. The van der Waals surface area contributed by atoms with Crippen LogP contribution in [0.2, 0.25) is 5.02 Å². The number of hydrogen-bond acceptors (Lipinski definition) is 2. The van der Waals surface area contributed by atoms with E-state index in [0.29, 0.717) is 6.04 Å². The molecule has 1 aromatic carbocycles. The summed E-state index contributed by atoms with van der Waals surface area (Å²) in [7, 11) is 2.16. The quantitative estimate of drug-likeness (QED) is 0.906. The lowest BCUT2D eigenvalue weighted by atomic mass is 9.84. The van der Waals surface area contributed by atoms with E-state index in [9.17, 15) is 0 Å². The third kappa shape index (κ3) is 3.25. The Morgan fingerprint density at radius 2 is 2.28 bits per heavy atom. The summed E-state index contributed by atoms with van der Waals surface area (Å²) < 4.78 is 0. The molecular weight excluding hydrogens is 244 g/mol. The van der Waals surface area contributed by atoms with Gasteiger partial charge >= 0.3 is 0 Å². The molecular formula is C15H23ClN2. The summed E-state index contributed by atoms with van der Waals surface area (Å²) in [5, 5.41) is 0.810. The SMILES string of the molecule is CN(Cc1cccc(Cl)c1)CC1(C)CCCC1N. The second-order valence-electron chi connectivity index (χ2n) is 5.95. The van der Waals surface area contributed by atoms with Crippen LogP contribution >= 0.6 is 11.6 Å². The van der Waals surface area contributed by atoms with E-state index in [1.54, 1.807) is 0 Å². The van der Waals surface area contributed by atoms with Crippen LogP contribution in [0.25, 0.3) is 0 Å². The van der Waals surface area contributed by atoms with Crippen LogP contribution in [0.5, 0.6) is 0 Å². The monoisotopic (exact) mass is 266 g/mol. The van der Waals surface area contributed by atoms with Crippen LogP contribution in [-0.4, -0.2) is 24.5 Å². The molecule has 0 aromatic heterocycles. The predicted octanol–water partition coefficient (Wildman–Crippen LogP) is 3.29. The predicted molar refractivity (Wildman–Crippen MR) is 77.7 cm³/mol. The Bertz CT molecular complexity index is 407. The van der Waals surface area contributed by atoms with Gasteiger partial charge in [-0.3, -0.25) is 0 Å². The minimum absolute atomic E-state index is 0.271. The molecule has 1 aromatic rings. The van der Waals surface area contributed by atoms with E-state index in [1.165, 1.54) is 24.8 Å². The minimum atomic E-state index is 0.271. The average Bonchev–Trinajstić information content (AvgIpc) is 2.58. The maximum atomic E-state index is 6.23. The van der Waals surface area contributed by atoms with Crippen molar-refractivity contribution < 1.29 is 0 Å². The summed E-state index contributed by atoms with van der Waals surface area (Å²) in [6.07, 6.45) is 3.68. The Morgan fingerprint density at radius 3 is 2.89 bits per heavy atom. The van der Waals surface area contributed by atoms with Crippen LogP contribution in [0.1, 0.15) is 31.7 Å². The van der Waals surface area contributed by atoms with E-state index in [4.69, 9.17) is 17.3 Å². The molecule has 0 amide bonds. The van der Waals surface area contributed by atoms with E-state index < -0.39 is 0 Å². The van der Waals surface area contributed by atoms with E-state index in [0.717, 1.165) is 18.1 Å². The highest BCUT2D eigenvalue weighted by Gasteiger charge is 2.36. The van der Waals surface area contributed by atoms with Crippen LogP contribution < -0.4 is 5.73 Å². The molecule has 0 aliphatic heterocycles. The Kier molecular flexibility index (Phi) is 4.31. The lowest BCUT2D eigenvalue weighted by Crippen LogP contribution is -2.42. The summed E-state index contributed by atoms with van der Waals surface area (Å²) in [5.41, 5.74) is 7.77. The second kappa shape index (κ2) is 5.60. The van der Waals surface area contributed by atoms with Gasteiger partial charge in [0.05, 0.1) is 0 Å². The maximum absolute atomic E-state index is 6.23. The highest BCUT2D eigenvalue weighted by atomic mass is 35.5. The van der Waals surface area contributed by atoms with Gasteiger partial charge in [-0.15, -0.1) is 0 Å². The van der Waals surface area contributed by atoms with Gasteiger partial charge in [-0.25, -0.2) is 0 Å². The van der Waals surface area contributed by atoms with Gasteiger partial charge in [0.1, 0.15) is 0 Å². The topological polar surface area (TPSA) is 29.3 Å². The van der Waals surface area contributed by atoms with Crippen molar-refractivity contribution in [1.82, 2.24) is 4.90 Å². The number of rotatable bonds is 4. The lowest BCUT2D eigenvalue weighted by molar-refractivity contribution is 0.173. The fourth-order valence-electron chi connectivity index (χ4n) is 3.08. The van der Waals surface area contributed by atoms with E-state index in [1.807, 2.05) is 18.2 Å². The summed E-state index contributed by atoms with van der Waals surface area (Å²) >= 11 is 6.01. The zero-order valence-electron chi connectivity index (χ0n) is 11.3. The minimum Gasteiger partial charge on any atom is -0.327 e. The first kappa shape index (κ1) is 13.9. The third-order valence-electron chi connectivity index (χ3n) is 4.13. The van der Waals surface area contributed by atoms with Crippen molar-refractivity contribution in [1.29, 1.82) is 0 Å². The van der Waals surface area contributed by atoms with Crippen LogP contribution in [0.15, 0.2) is 24.3 Å². The standard InChI is InChI=1S/C15H23ClN2/c1-15(8-4-7-14(15)17)11-18(2)10-12-5-3-6-13(16)9-12/h3,5-6,9,14H,4,7-8,10-11,17H2,1-2H3. The van der Waals surface area contributed by atoms with Crippen LogP contribution in [0.3, 0.4) is 0 Å². The molecule has 2 atom stereocenters. The molecule has 1 aliphatic carbocycles. The number of halogens is 1. The maximum Gasteiger partial charge on any atom is 0.0409 e. The second-order valence-corrected chi connectivity index (χ2v) is 6.39. The third-order valence-corrected chi connectivity index (χ3v) is 4.37. The molecule has 3 heteroatoms. The van der Waals surface area contributed by atoms with E-state index >= 15 is 0 Å². The van der Waals surface area contributed by atoms with Gasteiger partial charge in [-0.05, 0) is 43.0 Å². The van der Waals surface area contributed by atoms with Crippen molar-refractivity contribution in [3.05, 3.63) is 34.9 Å². The Balaban J connectivity index is 1.94. The molecule has 0 spiro atoms. The van der Waals surface area contributed by atoms with Gasteiger partial charge in [0.2, 0.25) is 0 Å². The number of nitrogens with zero attached hydrogens (tertiary/aromatic N) is 1. The van der Waals surface area contributed by atoms with Gasteiger partial charge in [0.15, 0.2) is 0 Å². The summed E-state index contributed by atoms with van der Waals surface area (Å²) in [6, 6.07) is 8.43. The molecule has 2 unspecified atom stereocenters. The molecule has 2 nitrogen and oxygen atoms in total. The summed E-state index contributed by atoms with van der Waals surface area (Å²) in [5.74, 6) is 0. The van der Waals surface area contributed by atoms with Gasteiger partial charge in [-0.2, -0.15) is 0 Å². The summed E-state index contributed by atoms with van der Waals surface area (Å²) in [4.78, 5) is 2.36. The van der Waals surface area contributed by atoms with E-state index in [2.05, 4.69) is 24.9 Å². The smallest absolute Gasteiger partial charge is 0.0409 e. The summed E-state index contributed by atoms with van der Waals surface area (Å²) in [6.45, 7) is 4.31. The zero-order valence-corrected chi connectivity index (χ0v) is 12.1. The molecule has 2 N–H and O–H groups in total. The molecule has 1 fully saturated rings. The van der Waals surface area contributed by atoms with Crippen molar-refractivity contribution in [2.24, 2.45) is 11.1 Å². The normalized spacial score (nSPS) is 27.9. The number of nitrogens with two attached hydrogens (primary N) is 1. The number of hydrogen-bond donors (Lipinski definition) is 1. The van der Waals surface area contributed by atoms with Gasteiger partial charge in [-0.1, -0.05) is 37.1 Å². The van der Waals surface area contributed by atoms with Crippen molar-refractivity contribution in [3.63, 3.8) is 0 Å². The van der Waals surface area contributed by atoms with Gasteiger partial charge < -0.3 is 10.6 Å². The van der Waals surface area contributed by atoms with Crippen molar-refractivity contribution in [3.8, 4) is 0 Å². The van der Waals surface area contributed by atoms with Crippen LogP contribution in [0.4, 0.5) is 0 Å². The highest BCUT2D eigenvalue weighted by molar-refractivity contribution is 6.30. The molecule has 2 rings (SSSR count). The first-order chi connectivity index (χ1) is 8.49. The molecule has 100 valence electrons. The Hall–Kier alpha value is -0.570. The zero-order chi connectivity index (χ0) is 13.2. The number of benzene rings is 1. The van der Waals surface area contributed by atoms with Crippen molar-refractivity contribution >= 4 is 11.6 Å². The van der Waals surface area contributed by atoms with Crippen molar-refractivity contribution in [2.75, 3.05) is 13.6 Å². The molecule has 1 aliphatic rings. The molecule has 0 bridgehead atoms. The molecule has 0 saturated heterocycles.